The first-order chi connectivity index (χ1) is 8.95. The van der Waals surface area contributed by atoms with Gasteiger partial charge in [-0.15, -0.1) is 12.4 Å². The van der Waals surface area contributed by atoms with E-state index in [4.69, 9.17) is 33.7 Å². The molecule has 1 aromatic rings. The first-order valence-electron chi connectivity index (χ1n) is 5.72. The minimum atomic E-state index is -3.68. The lowest BCUT2D eigenvalue weighted by molar-refractivity contribution is 0.00451. The Labute approximate surface area is 134 Å². The Morgan fingerprint density at radius 1 is 1.40 bits per heavy atom. The normalized spacial score (nSPS) is 20.4. The van der Waals surface area contributed by atoms with Gasteiger partial charge in [-0.25, -0.2) is 8.42 Å². The molecule has 0 amide bonds. The number of benzene rings is 1. The molecule has 0 bridgehead atoms. The van der Waals surface area contributed by atoms with E-state index in [0.29, 0.717) is 11.6 Å². The van der Waals surface area contributed by atoms with Gasteiger partial charge in [0.15, 0.2) is 0 Å². The van der Waals surface area contributed by atoms with E-state index in [0.717, 1.165) is 0 Å². The molecule has 2 rings (SSSR count). The SMILES string of the molecule is Cl.NCC1CN(S(=O)(=O)c2cc(Cl)ccc2Cl)CCO1. The standard InChI is InChI=1S/C11H14Cl2N2O3S.ClH/c12-8-1-2-10(13)11(5-8)19(16,17)15-3-4-18-9(6-14)7-15;/h1-2,5,9H,3-4,6-7,14H2;1H. The van der Waals surface area contributed by atoms with Crippen molar-refractivity contribution in [2.45, 2.75) is 11.0 Å². The minimum absolute atomic E-state index is 0. The summed E-state index contributed by atoms with van der Waals surface area (Å²) in [6.07, 6.45) is -0.290. The molecule has 1 aliphatic heterocycles. The predicted octanol–water partition coefficient (Wildman–Crippen LogP) is 1.76. The second-order valence-electron chi connectivity index (χ2n) is 4.17. The van der Waals surface area contributed by atoms with Crippen molar-refractivity contribution in [3.05, 3.63) is 28.2 Å². The summed E-state index contributed by atoms with van der Waals surface area (Å²) in [4.78, 5) is 0.0133. The molecule has 1 unspecified atom stereocenters. The van der Waals surface area contributed by atoms with Crippen LogP contribution in [0.3, 0.4) is 0 Å². The van der Waals surface area contributed by atoms with E-state index in [2.05, 4.69) is 0 Å². The Bertz CT molecular complexity index is 568. The fourth-order valence-electron chi connectivity index (χ4n) is 1.87. The van der Waals surface area contributed by atoms with Gasteiger partial charge < -0.3 is 10.5 Å². The zero-order valence-electron chi connectivity index (χ0n) is 10.5. The maximum atomic E-state index is 12.5. The fraction of sp³-hybridized carbons (Fsp3) is 0.455. The fourth-order valence-corrected chi connectivity index (χ4v) is 4.06. The molecule has 0 saturated carbocycles. The van der Waals surface area contributed by atoms with Crippen molar-refractivity contribution in [2.24, 2.45) is 5.73 Å². The number of rotatable bonds is 3. The number of morpholine rings is 1. The summed E-state index contributed by atoms with van der Waals surface area (Å²) in [7, 11) is -3.68. The highest BCUT2D eigenvalue weighted by Gasteiger charge is 2.31. The van der Waals surface area contributed by atoms with E-state index in [1.165, 1.54) is 16.4 Å². The van der Waals surface area contributed by atoms with E-state index < -0.39 is 10.0 Å². The first kappa shape index (κ1) is 18.0. The number of hydrogen-bond acceptors (Lipinski definition) is 4. The number of ether oxygens (including phenoxy) is 1. The average Bonchev–Trinajstić information content (AvgIpc) is 2.41. The monoisotopic (exact) mass is 360 g/mol. The second-order valence-corrected chi connectivity index (χ2v) is 6.92. The maximum Gasteiger partial charge on any atom is 0.244 e. The molecule has 0 radical (unpaired) electrons. The molecular formula is C11H15Cl3N2O3S. The summed E-state index contributed by atoms with van der Waals surface area (Å²) in [6.45, 7) is 1.10. The van der Waals surface area contributed by atoms with Gasteiger partial charge in [0, 0.05) is 24.7 Å². The van der Waals surface area contributed by atoms with Gasteiger partial charge in [-0.2, -0.15) is 4.31 Å². The van der Waals surface area contributed by atoms with Crippen LogP contribution in [0.4, 0.5) is 0 Å². The van der Waals surface area contributed by atoms with Crippen molar-refractivity contribution >= 4 is 45.6 Å². The van der Waals surface area contributed by atoms with E-state index in [9.17, 15) is 8.42 Å². The highest BCUT2D eigenvalue weighted by molar-refractivity contribution is 7.89. The molecule has 0 aromatic heterocycles. The summed E-state index contributed by atoms with van der Waals surface area (Å²) < 4.78 is 31.7. The molecule has 1 heterocycles. The van der Waals surface area contributed by atoms with Gasteiger partial charge in [-0.3, -0.25) is 0 Å². The summed E-state index contributed by atoms with van der Waals surface area (Å²) in [5, 5.41) is 0.479. The molecule has 114 valence electrons. The summed E-state index contributed by atoms with van der Waals surface area (Å²) in [6, 6.07) is 4.37. The van der Waals surface area contributed by atoms with Gasteiger partial charge in [0.2, 0.25) is 10.0 Å². The Morgan fingerprint density at radius 2 is 2.10 bits per heavy atom. The quantitative estimate of drug-likeness (QED) is 0.890. The molecule has 0 aliphatic carbocycles. The van der Waals surface area contributed by atoms with Crippen LogP contribution in [0.5, 0.6) is 0 Å². The third-order valence-electron chi connectivity index (χ3n) is 2.88. The summed E-state index contributed by atoms with van der Waals surface area (Å²) in [5.41, 5.74) is 5.51. The third-order valence-corrected chi connectivity index (χ3v) is 5.46. The lowest BCUT2D eigenvalue weighted by Crippen LogP contribution is -2.48. The Morgan fingerprint density at radius 3 is 2.75 bits per heavy atom. The van der Waals surface area contributed by atoms with Crippen molar-refractivity contribution in [1.29, 1.82) is 0 Å². The summed E-state index contributed by atoms with van der Waals surface area (Å²) >= 11 is 11.8. The summed E-state index contributed by atoms with van der Waals surface area (Å²) in [5.74, 6) is 0. The van der Waals surface area contributed by atoms with Gasteiger partial charge in [0.25, 0.3) is 0 Å². The van der Waals surface area contributed by atoms with Gasteiger partial charge in [-0.05, 0) is 18.2 Å². The van der Waals surface area contributed by atoms with Crippen LogP contribution >= 0.6 is 35.6 Å². The highest BCUT2D eigenvalue weighted by Crippen LogP contribution is 2.28. The molecule has 2 N–H and O–H groups in total. The molecule has 1 atom stereocenters. The van der Waals surface area contributed by atoms with Crippen LogP contribution in [0, 0.1) is 0 Å². The molecular weight excluding hydrogens is 347 g/mol. The van der Waals surface area contributed by atoms with Gasteiger partial charge >= 0.3 is 0 Å². The minimum Gasteiger partial charge on any atom is -0.374 e. The van der Waals surface area contributed by atoms with Gasteiger partial charge in [-0.1, -0.05) is 23.2 Å². The van der Waals surface area contributed by atoms with E-state index in [1.807, 2.05) is 0 Å². The van der Waals surface area contributed by atoms with Crippen molar-refractivity contribution < 1.29 is 13.2 Å². The Hall–Kier alpha value is -0.0800. The van der Waals surface area contributed by atoms with Crippen molar-refractivity contribution in [3.63, 3.8) is 0 Å². The van der Waals surface area contributed by atoms with Crippen LogP contribution in [0.15, 0.2) is 23.1 Å². The molecule has 1 aliphatic rings. The van der Waals surface area contributed by atoms with Crippen LogP contribution < -0.4 is 5.73 Å². The van der Waals surface area contributed by atoms with Crippen molar-refractivity contribution in [2.75, 3.05) is 26.2 Å². The molecule has 20 heavy (non-hydrogen) atoms. The largest absolute Gasteiger partial charge is 0.374 e. The molecule has 1 fully saturated rings. The van der Waals surface area contributed by atoms with E-state index in [-0.39, 0.29) is 48.1 Å². The first-order valence-corrected chi connectivity index (χ1v) is 7.91. The molecule has 1 aromatic carbocycles. The predicted molar refractivity (Wildman–Crippen MR) is 81.3 cm³/mol. The van der Waals surface area contributed by atoms with E-state index >= 15 is 0 Å². The van der Waals surface area contributed by atoms with E-state index in [1.54, 1.807) is 6.07 Å². The molecule has 1 saturated heterocycles. The van der Waals surface area contributed by atoms with Crippen molar-refractivity contribution in [1.82, 2.24) is 4.31 Å². The highest BCUT2D eigenvalue weighted by atomic mass is 35.5. The maximum absolute atomic E-state index is 12.5. The number of halogens is 3. The molecule has 5 nitrogen and oxygen atoms in total. The number of nitrogens with two attached hydrogens (primary N) is 1. The average molecular weight is 362 g/mol. The van der Waals surface area contributed by atoms with Gasteiger partial charge in [0.05, 0.1) is 17.7 Å². The smallest absolute Gasteiger partial charge is 0.244 e. The number of hydrogen-bond donors (Lipinski definition) is 1. The second kappa shape index (κ2) is 7.26. The van der Waals surface area contributed by atoms with Crippen LogP contribution in [0.1, 0.15) is 0 Å². The topological polar surface area (TPSA) is 72.6 Å². The van der Waals surface area contributed by atoms with Crippen LogP contribution in [0.2, 0.25) is 10.0 Å². The Kier molecular flexibility index (Phi) is 6.53. The van der Waals surface area contributed by atoms with Crippen LogP contribution in [0.25, 0.3) is 0 Å². The van der Waals surface area contributed by atoms with Crippen LogP contribution in [-0.2, 0) is 14.8 Å². The number of sulfonamides is 1. The van der Waals surface area contributed by atoms with Crippen molar-refractivity contribution in [3.8, 4) is 0 Å². The van der Waals surface area contributed by atoms with Crippen LogP contribution in [-0.4, -0.2) is 45.1 Å². The number of nitrogens with zero attached hydrogens (tertiary/aromatic N) is 1. The van der Waals surface area contributed by atoms with Gasteiger partial charge in [0.1, 0.15) is 4.90 Å². The zero-order chi connectivity index (χ0) is 14.0. The Balaban J connectivity index is 0.00000200. The molecule has 0 spiro atoms. The third kappa shape index (κ3) is 3.76. The molecule has 9 heteroatoms. The zero-order valence-corrected chi connectivity index (χ0v) is 13.6. The lowest BCUT2D eigenvalue weighted by Gasteiger charge is -2.31. The lowest BCUT2D eigenvalue weighted by atomic mass is 10.3.